The Labute approximate surface area is 469 Å². The van der Waals surface area contributed by atoms with Gasteiger partial charge in [0.25, 0.3) is 0 Å². The van der Waals surface area contributed by atoms with Crippen LogP contribution in [-0.2, 0) is 19.1 Å². The van der Waals surface area contributed by atoms with Gasteiger partial charge in [-0.25, -0.2) is 0 Å². The molecule has 0 aliphatic carbocycles. The van der Waals surface area contributed by atoms with E-state index in [1.807, 2.05) is 0 Å². The van der Waals surface area contributed by atoms with Crippen LogP contribution < -0.4 is 0 Å². The summed E-state index contributed by atoms with van der Waals surface area (Å²) in [5, 5.41) is 9.69. The number of rotatable bonds is 63. The van der Waals surface area contributed by atoms with E-state index in [-0.39, 0.29) is 25.2 Å². The van der Waals surface area contributed by atoms with Gasteiger partial charge in [-0.15, -0.1) is 0 Å². The molecule has 0 aliphatic heterocycles. The highest BCUT2D eigenvalue weighted by Crippen LogP contribution is 2.19. The summed E-state index contributed by atoms with van der Waals surface area (Å²) >= 11 is 0. The van der Waals surface area contributed by atoms with Gasteiger partial charge in [0.05, 0.1) is 6.61 Å². The topological polar surface area (TPSA) is 72.8 Å². The lowest BCUT2D eigenvalue weighted by Gasteiger charge is -2.15. The number of carbonyl (C=O) groups excluding carboxylic acids is 2. The maximum Gasteiger partial charge on any atom is 0.306 e. The summed E-state index contributed by atoms with van der Waals surface area (Å²) in [6, 6.07) is 0. The van der Waals surface area contributed by atoms with Crippen LogP contribution in [0.3, 0.4) is 0 Å². The number of esters is 2. The normalized spacial score (nSPS) is 12.4. The SMILES string of the molecule is CC/C=C\C/C=C\C/C=C\C/C=C\CCCCCCCCCCCCCCCCCCC(=O)OC(CO)COC(=O)CCCCCCCCCCCCCCCCCCCCCCCCCCCCCCCCCC. The van der Waals surface area contributed by atoms with E-state index < -0.39 is 6.10 Å². The van der Waals surface area contributed by atoms with Crippen molar-refractivity contribution in [2.24, 2.45) is 0 Å². The van der Waals surface area contributed by atoms with Gasteiger partial charge >= 0.3 is 11.9 Å². The van der Waals surface area contributed by atoms with Gasteiger partial charge in [0.2, 0.25) is 0 Å². The molecular formula is C70H130O5. The zero-order chi connectivity index (χ0) is 54.1. The zero-order valence-corrected chi connectivity index (χ0v) is 50.6. The van der Waals surface area contributed by atoms with Crippen molar-refractivity contribution in [3.63, 3.8) is 0 Å². The Balaban J connectivity index is 3.39. The minimum atomic E-state index is -0.771. The van der Waals surface area contributed by atoms with E-state index in [4.69, 9.17) is 9.47 Å². The molecule has 0 saturated heterocycles. The molecule has 75 heavy (non-hydrogen) atoms. The third-order valence-electron chi connectivity index (χ3n) is 15.4. The first kappa shape index (κ1) is 72.9. The summed E-state index contributed by atoms with van der Waals surface area (Å²) in [4.78, 5) is 24.6. The molecule has 0 bridgehead atoms. The van der Waals surface area contributed by atoms with Gasteiger partial charge in [-0.05, 0) is 51.4 Å². The number of aliphatic hydroxyl groups is 1. The Hall–Kier alpha value is -2.14. The van der Waals surface area contributed by atoms with E-state index in [2.05, 4.69) is 62.5 Å². The van der Waals surface area contributed by atoms with Crippen LogP contribution in [0.1, 0.15) is 367 Å². The second-order valence-electron chi connectivity index (χ2n) is 22.9. The van der Waals surface area contributed by atoms with E-state index in [1.54, 1.807) is 0 Å². The van der Waals surface area contributed by atoms with Gasteiger partial charge in [0, 0.05) is 12.8 Å². The summed E-state index contributed by atoms with van der Waals surface area (Å²) in [5.74, 6) is -0.569. The van der Waals surface area contributed by atoms with E-state index in [9.17, 15) is 14.7 Å². The van der Waals surface area contributed by atoms with Gasteiger partial charge in [-0.3, -0.25) is 9.59 Å². The fourth-order valence-electron chi connectivity index (χ4n) is 10.4. The van der Waals surface area contributed by atoms with Gasteiger partial charge in [-0.2, -0.15) is 0 Å². The quantitative estimate of drug-likeness (QED) is 0.0373. The summed E-state index contributed by atoms with van der Waals surface area (Å²) in [6.07, 6.45) is 88.6. The van der Waals surface area contributed by atoms with Gasteiger partial charge in [0.15, 0.2) is 6.10 Å². The number of hydrogen-bond acceptors (Lipinski definition) is 5. The van der Waals surface area contributed by atoms with E-state index in [0.717, 1.165) is 57.8 Å². The Morgan fingerprint density at radius 2 is 0.573 bits per heavy atom. The standard InChI is InChI=1S/C70H130O5/c1-3-5-7-9-11-13-15-17-19-21-23-25-27-29-31-33-34-35-37-38-40-42-44-46-48-50-52-54-56-58-60-62-64-69(72)74-67-68(66-71)75-70(73)65-63-61-59-57-55-53-51-49-47-45-43-41-39-36-32-30-28-26-24-22-20-18-16-14-12-10-8-6-4-2/h6,8,12,14,18,20,24,26,68,71H,3-5,7,9-11,13,15-17,19,21-23,25,27-67H2,1-2H3/b8-6-,14-12-,20-18-,26-24-. The van der Waals surface area contributed by atoms with Crippen LogP contribution >= 0.6 is 0 Å². The molecule has 0 rings (SSSR count). The number of unbranched alkanes of at least 4 members (excludes halogenated alkanes) is 47. The molecule has 5 nitrogen and oxygen atoms in total. The van der Waals surface area contributed by atoms with Crippen molar-refractivity contribution in [3.8, 4) is 0 Å². The Morgan fingerprint density at radius 1 is 0.320 bits per heavy atom. The lowest BCUT2D eigenvalue weighted by atomic mass is 10.0. The van der Waals surface area contributed by atoms with Crippen molar-refractivity contribution in [1.82, 2.24) is 0 Å². The van der Waals surface area contributed by atoms with Crippen molar-refractivity contribution >= 4 is 11.9 Å². The number of allylic oxidation sites excluding steroid dienone is 8. The third-order valence-corrected chi connectivity index (χ3v) is 15.4. The molecule has 0 spiro atoms. The first-order valence-corrected chi connectivity index (χ1v) is 33.7. The van der Waals surface area contributed by atoms with E-state index in [1.165, 1.54) is 283 Å². The first-order valence-electron chi connectivity index (χ1n) is 33.7. The fourth-order valence-corrected chi connectivity index (χ4v) is 10.4. The average molecular weight is 1050 g/mol. The van der Waals surface area contributed by atoms with Crippen molar-refractivity contribution in [3.05, 3.63) is 48.6 Å². The highest BCUT2D eigenvalue weighted by molar-refractivity contribution is 5.70. The molecule has 5 heteroatoms. The van der Waals surface area contributed by atoms with Crippen molar-refractivity contribution < 1.29 is 24.2 Å². The molecule has 0 saturated carbocycles. The summed E-state index contributed by atoms with van der Waals surface area (Å²) < 4.78 is 10.8. The summed E-state index contributed by atoms with van der Waals surface area (Å²) in [6.45, 7) is 4.09. The van der Waals surface area contributed by atoms with Crippen LogP contribution in [0, 0.1) is 0 Å². The van der Waals surface area contributed by atoms with Crippen LogP contribution in [0.25, 0.3) is 0 Å². The van der Waals surface area contributed by atoms with E-state index >= 15 is 0 Å². The van der Waals surface area contributed by atoms with Crippen molar-refractivity contribution in [2.75, 3.05) is 13.2 Å². The van der Waals surface area contributed by atoms with Crippen LogP contribution in [0.2, 0.25) is 0 Å². The lowest BCUT2D eigenvalue weighted by Crippen LogP contribution is -2.28. The van der Waals surface area contributed by atoms with Gasteiger partial charge in [-0.1, -0.05) is 351 Å². The molecule has 0 amide bonds. The molecule has 0 fully saturated rings. The minimum Gasteiger partial charge on any atom is -0.462 e. The molecule has 0 heterocycles. The Kier molecular flexibility index (Phi) is 64.3. The molecule has 440 valence electrons. The number of carbonyl (C=O) groups is 2. The molecule has 0 radical (unpaired) electrons. The third kappa shape index (κ3) is 64.3. The molecule has 1 unspecified atom stereocenters. The monoisotopic (exact) mass is 1050 g/mol. The lowest BCUT2D eigenvalue weighted by molar-refractivity contribution is -0.161. The highest BCUT2D eigenvalue weighted by atomic mass is 16.6. The maximum atomic E-state index is 12.4. The van der Waals surface area contributed by atoms with Crippen LogP contribution in [0.4, 0.5) is 0 Å². The molecule has 0 aliphatic rings. The number of aliphatic hydroxyl groups excluding tert-OH is 1. The Morgan fingerprint density at radius 3 is 0.867 bits per heavy atom. The van der Waals surface area contributed by atoms with Crippen LogP contribution in [0.15, 0.2) is 48.6 Å². The number of ether oxygens (including phenoxy) is 2. The minimum absolute atomic E-state index is 0.0606. The molecular weight excluding hydrogens is 921 g/mol. The second-order valence-corrected chi connectivity index (χ2v) is 22.9. The van der Waals surface area contributed by atoms with Crippen LogP contribution in [0.5, 0.6) is 0 Å². The maximum absolute atomic E-state index is 12.4. The Bertz CT molecular complexity index is 1230. The average Bonchev–Trinajstić information content (AvgIpc) is 3.41. The van der Waals surface area contributed by atoms with Crippen molar-refractivity contribution in [1.29, 1.82) is 0 Å². The van der Waals surface area contributed by atoms with E-state index in [0.29, 0.717) is 12.8 Å². The predicted molar refractivity (Wildman–Crippen MR) is 330 cm³/mol. The predicted octanol–water partition coefficient (Wildman–Crippen LogP) is 23.2. The smallest absolute Gasteiger partial charge is 0.306 e. The van der Waals surface area contributed by atoms with Crippen LogP contribution in [-0.4, -0.2) is 36.4 Å². The van der Waals surface area contributed by atoms with Crippen molar-refractivity contribution in [2.45, 2.75) is 373 Å². The first-order chi connectivity index (χ1) is 37.1. The highest BCUT2D eigenvalue weighted by Gasteiger charge is 2.16. The zero-order valence-electron chi connectivity index (χ0n) is 50.6. The number of hydrogen-bond donors (Lipinski definition) is 1. The fraction of sp³-hybridized carbons (Fsp3) is 0.857. The molecule has 0 aromatic carbocycles. The molecule has 0 aromatic rings. The summed E-state index contributed by atoms with van der Waals surface area (Å²) in [7, 11) is 0. The van der Waals surface area contributed by atoms with Gasteiger partial charge in [0.1, 0.15) is 6.61 Å². The molecule has 1 atom stereocenters. The summed E-state index contributed by atoms with van der Waals surface area (Å²) in [5.41, 5.74) is 0. The van der Waals surface area contributed by atoms with Gasteiger partial charge < -0.3 is 14.6 Å². The largest absolute Gasteiger partial charge is 0.462 e. The second kappa shape index (κ2) is 66.1. The molecule has 0 aromatic heterocycles. The molecule has 1 N–H and O–H groups in total.